The van der Waals surface area contributed by atoms with Crippen LogP contribution in [0.15, 0.2) is 24.3 Å². The zero-order valence-corrected chi connectivity index (χ0v) is 16.8. The summed E-state index contributed by atoms with van der Waals surface area (Å²) >= 11 is 0. The SMILES string of the molecule is CCCCNC(=O)NN1Cc2[nH]nc(NC(=O)Cc3ccc(OC(F)(F)F)cc3)c2C1. The number of nitrogens with zero attached hydrogens (tertiary/aromatic N) is 2. The molecule has 0 atom stereocenters. The number of hydrogen-bond acceptors (Lipinski definition) is 5. The van der Waals surface area contributed by atoms with Gasteiger partial charge in [-0.2, -0.15) is 5.10 Å². The molecule has 2 heterocycles. The number of alkyl halides is 3. The summed E-state index contributed by atoms with van der Waals surface area (Å²) in [7, 11) is 0. The molecule has 3 rings (SSSR count). The van der Waals surface area contributed by atoms with E-state index in [0.29, 0.717) is 31.0 Å². The van der Waals surface area contributed by atoms with Gasteiger partial charge in [-0.1, -0.05) is 25.5 Å². The lowest BCUT2D eigenvalue weighted by Crippen LogP contribution is -2.45. The highest BCUT2D eigenvalue weighted by atomic mass is 19.4. The van der Waals surface area contributed by atoms with E-state index in [-0.39, 0.29) is 24.1 Å². The number of rotatable bonds is 8. The van der Waals surface area contributed by atoms with Crippen molar-refractivity contribution in [2.45, 2.75) is 45.6 Å². The van der Waals surface area contributed by atoms with Gasteiger partial charge in [-0.3, -0.25) is 15.3 Å². The van der Waals surface area contributed by atoms with Crippen molar-refractivity contribution in [3.8, 4) is 5.75 Å². The van der Waals surface area contributed by atoms with Crippen molar-refractivity contribution >= 4 is 17.8 Å². The van der Waals surface area contributed by atoms with E-state index in [0.717, 1.165) is 36.2 Å². The number of urea groups is 1. The third kappa shape index (κ3) is 6.60. The molecule has 0 fully saturated rings. The first-order chi connectivity index (χ1) is 14.7. The summed E-state index contributed by atoms with van der Waals surface area (Å²) in [5.74, 6) is -0.372. The largest absolute Gasteiger partial charge is 0.573 e. The van der Waals surface area contributed by atoms with E-state index < -0.39 is 6.36 Å². The molecule has 12 heteroatoms. The molecule has 3 amide bonds. The van der Waals surface area contributed by atoms with E-state index in [1.807, 2.05) is 6.92 Å². The molecule has 1 aliphatic heterocycles. The van der Waals surface area contributed by atoms with Crippen molar-refractivity contribution in [2.75, 3.05) is 11.9 Å². The Hall–Kier alpha value is -3.28. The van der Waals surface area contributed by atoms with Gasteiger partial charge in [0, 0.05) is 18.7 Å². The van der Waals surface area contributed by atoms with Gasteiger partial charge < -0.3 is 15.4 Å². The number of carbonyl (C=O) groups is 2. The number of anilines is 1. The molecule has 1 aromatic carbocycles. The van der Waals surface area contributed by atoms with Gasteiger partial charge in [-0.25, -0.2) is 9.80 Å². The molecule has 168 valence electrons. The number of aromatic nitrogens is 2. The van der Waals surface area contributed by atoms with Gasteiger partial charge in [0.1, 0.15) is 5.75 Å². The van der Waals surface area contributed by atoms with Gasteiger partial charge in [-0.05, 0) is 24.1 Å². The molecule has 0 bridgehead atoms. The molecule has 0 radical (unpaired) electrons. The van der Waals surface area contributed by atoms with Crippen molar-refractivity contribution in [1.82, 2.24) is 25.9 Å². The summed E-state index contributed by atoms with van der Waals surface area (Å²) < 4.78 is 40.4. The third-order valence-electron chi connectivity index (χ3n) is 4.51. The smallest absolute Gasteiger partial charge is 0.406 e. The summed E-state index contributed by atoms with van der Waals surface area (Å²) in [5, 5.41) is 14.1. The highest BCUT2D eigenvalue weighted by Crippen LogP contribution is 2.26. The number of hydrazine groups is 1. The zero-order chi connectivity index (χ0) is 22.4. The molecular weight excluding hydrogens is 417 g/mol. The average molecular weight is 440 g/mol. The van der Waals surface area contributed by atoms with Gasteiger partial charge >= 0.3 is 12.4 Å². The number of H-pyrrole nitrogens is 1. The van der Waals surface area contributed by atoms with E-state index in [2.05, 4.69) is 31.0 Å². The van der Waals surface area contributed by atoms with Crippen LogP contribution in [-0.4, -0.2) is 40.1 Å². The van der Waals surface area contributed by atoms with Crippen molar-refractivity contribution in [3.63, 3.8) is 0 Å². The number of amides is 3. The lowest BCUT2D eigenvalue weighted by molar-refractivity contribution is -0.274. The van der Waals surface area contributed by atoms with Crippen LogP contribution in [0.4, 0.5) is 23.8 Å². The van der Waals surface area contributed by atoms with E-state index in [1.54, 1.807) is 5.01 Å². The Balaban J connectivity index is 1.50. The van der Waals surface area contributed by atoms with Crippen LogP contribution in [0, 0.1) is 0 Å². The van der Waals surface area contributed by atoms with Crippen LogP contribution in [0.25, 0.3) is 0 Å². The molecule has 2 aromatic rings. The van der Waals surface area contributed by atoms with Crippen molar-refractivity contribution in [2.24, 2.45) is 0 Å². The van der Waals surface area contributed by atoms with E-state index in [4.69, 9.17) is 0 Å². The number of unbranched alkanes of at least 4 members (excludes halogenated alkanes) is 1. The fraction of sp³-hybridized carbons (Fsp3) is 0.421. The topological polar surface area (TPSA) is 111 Å². The lowest BCUT2D eigenvalue weighted by Gasteiger charge is -2.17. The van der Waals surface area contributed by atoms with Gasteiger partial charge in [0.2, 0.25) is 5.91 Å². The van der Waals surface area contributed by atoms with Crippen molar-refractivity contribution < 1.29 is 27.5 Å². The Bertz CT molecular complexity index is 914. The summed E-state index contributed by atoms with van der Waals surface area (Å²) in [6, 6.07) is 4.78. The normalized spacial score (nSPS) is 13.5. The molecular formula is C19H23F3N6O3. The first-order valence-electron chi connectivity index (χ1n) is 9.73. The number of carbonyl (C=O) groups excluding carboxylic acids is 2. The second-order valence-corrected chi connectivity index (χ2v) is 7.02. The Morgan fingerprint density at radius 2 is 1.97 bits per heavy atom. The highest BCUT2D eigenvalue weighted by Gasteiger charge is 2.31. The van der Waals surface area contributed by atoms with Crippen LogP contribution in [0.5, 0.6) is 5.75 Å². The Labute approximate surface area is 176 Å². The number of hydrogen-bond donors (Lipinski definition) is 4. The average Bonchev–Trinajstić information content (AvgIpc) is 3.23. The summed E-state index contributed by atoms with van der Waals surface area (Å²) in [5.41, 5.74) is 4.80. The minimum absolute atomic E-state index is 0.0459. The first-order valence-corrected chi connectivity index (χ1v) is 9.73. The molecule has 0 unspecified atom stereocenters. The summed E-state index contributed by atoms with van der Waals surface area (Å²) in [4.78, 5) is 24.2. The van der Waals surface area contributed by atoms with Gasteiger partial charge in [0.15, 0.2) is 5.82 Å². The maximum absolute atomic E-state index is 12.3. The molecule has 1 aliphatic rings. The Morgan fingerprint density at radius 3 is 2.65 bits per heavy atom. The maximum atomic E-state index is 12.3. The number of aromatic amines is 1. The van der Waals surface area contributed by atoms with Crippen LogP contribution in [0.3, 0.4) is 0 Å². The van der Waals surface area contributed by atoms with Crippen LogP contribution in [0.1, 0.15) is 36.6 Å². The van der Waals surface area contributed by atoms with Gasteiger partial charge in [0.05, 0.1) is 18.7 Å². The number of fused-ring (bicyclic) bond motifs is 1. The second-order valence-electron chi connectivity index (χ2n) is 7.02. The minimum atomic E-state index is -4.77. The number of nitrogens with one attached hydrogen (secondary N) is 4. The van der Waals surface area contributed by atoms with Crippen LogP contribution in [-0.2, 0) is 24.3 Å². The van der Waals surface area contributed by atoms with E-state index >= 15 is 0 Å². The van der Waals surface area contributed by atoms with Gasteiger partial charge in [0.25, 0.3) is 0 Å². The molecule has 0 saturated carbocycles. The maximum Gasteiger partial charge on any atom is 0.573 e. The molecule has 9 nitrogen and oxygen atoms in total. The van der Waals surface area contributed by atoms with Crippen LogP contribution in [0.2, 0.25) is 0 Å². The zero-order valence-electron chi connectivity index (χ0n) is 16.8. The van der Waals surface area contributed by atoms with Crippen molar-refractivity contribution in [3.05, 3.63) is 41.1 Å². The molecule has 4 N–H and O–H groups in total. The number of ether oxygens (including phenoxy) is 1. The molecule has 1 aromatic heterocycles. The van der Waals surface area contributed by atoms with Crippen molar-refractivity contribution in [1.29, 1.82) is 0 Å². The lowest BCUT2D eigenvalue weighted by atomic mass is 10.1. The molecule has 0 saturated heterocycles. The van der Waals surface area contributed by atoms with Crippen LogP contribution < -0.4 is 20.8 Å². The fourth-order valence-electron chi connectivity index (χ4n) is 3.05. The van der Waals surface area contributed by atoms with Gasteiger partial charge in [-0.15, -0.1) is 13.2 Å². The first kappa shape index (κ1) is 22.4. The molecule has 0 spiro atoms. The predicted octanol–water partition coefficient (Wildman–Crippen LogP) is 2.82. The predicted molar refractivity (Wildman–Crippen MR) is 105 cm³/mol. The highest BCUT2D eigenvalue weighted by molar-refractivity contribution is 5.92. The fourth-order valence-corrected chi connectivity index (χ4v) is 3.05. The van der Waals surface area contributed by atoms with E-state index in [1.165, 1.54) is 12.1 Å². The minimum Gasteiger partial charge on any atom is -0.406 e. The monoisotopic (exact) mass is 440 g/mol. The second kappa shape index (κ2) is 9.69. The Kier molecular flexibility index (Phi) is 7.00. The standard InChI is InChI=1S/C19H23F3N6O3/c1-2-3-8-23-18(30)27-28-10-14-15(11-28)25-26-17(14)24-16(29)9-12-4-6-13(7-5-12)31-19(20,21)22/h4-7H,2-3,8-11H2,1H3,(H2,23,27,30)(H2,24,25,26,29). The summed E-state index contributed by atoms with van der Waals surface area (Å²) in [6.45, 7) is 3.41. The molecule has 0 aliphatic carbocycles. The van der Waals surface area contributed by atoms with E-state index in [9.17, 15) is 22.8 Å². The van der Waals surface area contributed by atoms with Crippen LogP contribution >= 0.6 is 0 Å². The quantitative estimate of drug-likeness (QED) is 0.472. The Morgan fingerprint density at radius 1 is 1.23 bits per heavy atom. The molecule has 31 heavy (non-hydrogen) atoms. The number of halogens is 3. The summed E-state index contributed by atoms with van der Waals surface area (Å²) in [6.07, 6.45) is -2.94. The number of benzene rings is 1. The third-order valence-corrected chi connectivity index (χ3v) is 4.51.